The second-order valence-corrected chi connectivity index (χ2v) is 6.66. The Labute approximate surface area is 141 Å². The van der Waals surface area contributed by atoms with Gasteiger partial charge in [0.05, 0.1) is 0 Å². The quantitative estimate of drug-likeness (QED) is 0.541. The minimum atomic E-state index is -0.598. The second-order valence-electron chi connectivity index (χ2n) is 6.66. The molecule has 0 spiro atoms. The number of hydrogen-bond acceptors (Lipinski definition) is 1. The molecular weight excluding hydrogens is 292 g/mol. The van der Waals surface area contributed by atoms with Crippen LogP contribution in [0, 0.1) is 0 Å². The highest BCUT2D eigenvalue weighted by Gasteiger charge is 2.20. The standard InChI is InChI=1S/C23H18O/c24-23(19-11-8-15-4-1-2-5-18(15)14-19)21-13-12-17-10-9-16-6-3-7-20(21)22(16)17/h1-8,11-14,23-24H,9-10H2. The molecule has 0 saturated carbocycles. The molecule has 24 heavy (non-hydrogen) atoms. The van der Waals surface area contributed by atoms with Crippen molar-refractivity contribution in [3.8, 4) is 0 Å². The molecule has 0 bridgehead atoms. The lowest BCUT2D eigenvalue weighted by Crippen LogP contribution is -2.01. The molecule has 0 aliphatic heterocycles. The van der Waals surface area contributed by atoms with Crippen molar-refractivity contribution in [1.29, 1.82) is 0 Å². The summed E-state index contributed by atoms with van der Waals surface area (Å²) in [5.74, 6) is 0. The van der Waals surface area contributed by atoms with E-state index in [9.17, 15) is 5.11 Å². The fourth-order valence-corrected chi connectivity index (χ4v) is 4.07. The van der Waals surface area contributed by atoms with E-state index in [1.54, 1.807) is 0 Å². The molecular formula is C23H18O. The molecule has 0 aromatic heterocycles. The average Bonchev–Trinajstić information content (AvgIpc) is 3.06. The first-order valence-corrected chi connectivity index (χ1v) is 8.51. The fraction of sp³-hybridized carbons (Fsp3) is 0.130. The first-order chi connectivity index (χ1) is 11.8. The van der Waals surface area contributed by atoms with Gasteiger partial charge in [0.1, 0.15) is 6.10 Å². The molecule has 1 aliphatic carbocycles. The molecule has 1 N–H and O–H groups in total. The molecule has 5 rings (SSSR count). The maximum atomic E-state index is 11.1. The molecule has 116 valence electrons. The minimum absolute atomic E-state index is 0.598. The summed E-state index contributed by atoms with van der Waals surface area (Å²) in [6.07, 6.45) is 1.63. The van der Waals surface area contributed by atoms with Crippen LogP contribution in [-0.4, -0.2) is 5.11 Å². The maximum absolute atomic E-state index is 11.1. The zero-order chi connectivity index (χ0) is 16.1. The lowest BCUT2D eigenvalue weighted by molar-refractivity contribution is 0.222. The number of benzene rings is 4. The van der Waals surface area contributed by atoms with Crippen LogP contribution in [0.5, 0.6) is 0 Å². The third kappa shape index (κ3) is 1.98. The van der Waals surface area contributed by atoms with Gasteiger partial charge < -0.3 is 5.11 Å². The maximum Gasteiger partial charge on any atom is 0.105 e. The second kappa shape index (κ2) is 5.19. The third-order valence-corrected chi connectivity index (χ3v) is 5.29. The molecule has 0 radical (unpaired) electrons. The van der Waals surface area contributed by atoms with Crippen LogP contribution in [0.1, 0.15) is 28.4 Å². The van der Waals surface area contributed by atoms with Gasteiger partial charge in [-0.2, -0.15) is 0 Å². The van der Waals surface area contributed by atoms with Gasteiger partial charge in [-0.3, -0.25) is 0 Å². The third-order valence-electron chi connectivity index (χ3n) is 5.29. The van der Waals surface area contributed by atoms with Crippen molar-refractivity contribution < 1.29 is 5.11 Å². The average molecular weight is 310 g/mol. The summed E-state index contributed by atoms with van der Waals surface area (Å²) in [5.41, 5.74) is 4.78. The molecule has 1 unspecified atom stereocenters. The molecule has 0 heterocycles. The highest BCUT2D eigenvalue weighted by molar-refractivity contribution is 5.94. The van der Waals surface area contributed by atoms with E-state index >= 15 is 0 Å². The Morgan fingerprint density at radius 3 is 2.38 bits per heavy atom. The Morgan fingerprint density at radius 2 is 1.50 bits per heavy atom. The summed E-state index contributed by atoms with van der Waals surface area (Å²) < 4.78 is 0. The van der Waals surface area contributed by atoms with Crippen LogP contribution in [0.15, 0.2) is 72.8 Å². The molecule has 1 heteroatoms. The van der Waals surface area contributed by atoms with Crippen molar-refractivity contribution >= 4 is 21.5 Å². The first kappa shape index (κ1) is 13.8. The fourth-order valence-electron chi connectivity index (χ4n) is 4.07. The van der Waals surface area contributed by atoms with Gasteiger partial charge in [-0.05, 0) is 62.7 Å². The Balaban J connectivity index is 1.69. The summed E-state index contributed by atoms with van der Waals surface area (Å²) >= 11 is 0. The van der Waals surface area contributed by atoms with Crippen LogP contribution in [0.4, 0.5) is 0 Å². The van der Waals surface area contributed by atoms with Crippen molar-refractivity contribution in [3.63, 3.8) is 0 Å². The van der Waals surface area contributed by atoms with Gasteiger partial charge >= 0.3 is 0 Å². The predicted molar refractivity (Wildman–Crippen MR) is 99.4 cm³/mol. The summed E-state index contributed by atoms with van der Waals surface area (Å²) in [7, 11) is 0. The summed E-state index contributed by atoms with van der Waals surface area (Å²) in [6.45, 7) is 0. The van der Waals surface area contributed by atoms with Gasteiger partial charge in [0.15, 0.2) is 0 Å². The smallest absolute Gasteiger partial charge is 0.105 e. The van der Waals surface area contributed by atoms with Crippen LogP contribution in [0.3, 0.4) is 0 Å². The predicted octanol–water partition coefficient (Wildman–Crippen LogP) is 5.17. The van der Waals surface area contributed by atoms with Crippen LogP contribution < -0.4 is 0 Å². The van der Waals surface area contributed by atoms with Crippen molar-refractivity contribution in [2.24, 2.45) is 0 Å². The Kier molecular flexibility index (Phi) is 2.97. The van der Waals surface area contributed by atoms with Crippen LogP contribution >= 0.6 is 0 Å². The van der Waals surface area contributed by atoms with Gasteiger partial charge in [-0.25, -0.2) is 0 Å². The molecule has 1 aliphatic rings. The zero-order valence-corrected chi connectivity index (χ0v) is 13.4. The zero-order valence-electron chi connectivity index (χ0n) is 13.4. The molecule has 1 nitrogen and oxygen atoms in total. The number of aryl methyl sites for hydroxylation is 2. The normalized spacial score (nSPS) is 14.4. The van der Waals surface area contributed by atoms with Crippen LogP contribution in [-0.2, 0) is 12.8 Å². The number of rotatable bonds is 2. The largest absolute Gasteiger partial charge is 0.384 e. The first-order valence-electron chi connectivity index (χ1n) is 8.51. The van der Waals surface area contributed by atoms with Crippen molar-refractivity contribution in [1.82, 2.24) is 0 Å². The van der Waals surface area contributed by atoms with Crippen LogP contribution in [0.2, 0.25) is 0 Å². The SMILES string of the molecule is OC(c1ccc2ccccc2c1)c1ccc2c3c(cccc13)CC2. The van der Waals surface area contributed by atoms with E-state index in [1.807, 2.05) is 18.2 Å². The summed E-state index contributed by atoms with van der Waals surface area (Å²) in [4.78, 5) is 0. The van der Waals surface area contributed by atoms with E-state index in [0.29, 0.717) is 0 Å². The Morgan fingerprint density at radius 1 is 0.708 bits per heavy atom. The number of fused-ring (bicyclic) bond motifs is 1. The van der Waals surface area contributed by atoms with Crippen molar-refractivity contribution in [3.05, 3.63) is 95.1 Å². The minimum Gasteiger partial charge on any atom is -0.384 e. The van der Waals surface area contributed by atoms with E-state index in [-0.39, 0.29) is 0 Å². The molecule has 4 aromatic rings. The van der Waals surface area contributed by atoms with E-state index in [2.05, 4.69) is 54.6 Å². The van der Waals surface area contributed by atoms with Crippen LogP contribution in [0.25, 0.3) is 21.5 Å². The van der Waals surface area contributed by atoms with Gasteiger partial charge in [0, 0.05) is 0 Å². The van der Waals surface area contributed by atoms with Gasteiger partial charge in [0.25, 0.3) is 0 Å². The highest BCUT2D eigenvalue weighted by atomic mass is 16.3. The van der Waals surface area contributed by atoms with Crippen molar-refractivity contribution in [2.45, 2.75) is 18.9 Å². The number of aliphatic hydroxyl groups is 1. The topological polar surface area (TPSA) is 20.2 Å². The van der Waals surface area contributed by atoms with Crippen molar-refractivity contribution in [2.75, 3.05) is 0 Å². The van der Waals surface area contributed by atoms with E-state index in [1.165, 1.54) is 32.7 Å². The monoisotopic (exact) mass is 310 g/mol. The summed E-state index contributed by atoms with van der Waals surface area (Å²) in [6, 6.07) is 25.3. The lowest BCUT2D eigenvalue weighted by atomic mass is 9.92. The van der Waals surface area contributed by atoms with Gasteiger partial charge in [0.2, 0.25) is 0 Å². The van der Waals surface area contributed by atoms with Gasteiger partial charge in [-0.15, -0.1) is 0 Å². The van der Waals surface area contributed by atoms with E-state index < -0.39 is 6.10 Å². The Bertz CT molecular complexity index is 1070. The molecule has 0 saturated heterocycles. The molecule has 0 amide bonds. The van der Waals surface area contributed by atoms with E-state index in [4.69, 9.17) is 0 Å². The lowest BCUT2D eigenvalue weighted by Gasteiger charge is -2.16. The van der Waals surface area contributed by atoms with Gasteiger partial charge in [-0.1, -0.05) is 66.7 Å². The molecule has 4 aromatic carbocycles. The molecule has 0 fully saturated rings. The summed E-state index contributed by atoms with van der Waals surface area (Å²) in [5, 5.41) is 16.0. The number of aliphatic hydroxyl groups excluding tert-OH is 1. The Hall–Kier alpha value is -2.64. The van der Waals surface area contributed by atoms with E-state index in [0.717, 1.165) is 24.0 Å². The highest BCUT2D eigenvalue weighted by Crippen LogP contribution is 2.37. The number of hydrogen-bond donors (Lipinski definition) is 1. The molecule has 1 atom stereocenters.